The van der Waals surface area contributed by atoms with E-state index >= 15 is 0 Å². The van der Waals surface area contributed by atoms with E-state index in [0.717, 1.165) is 0 Å². The molecule has 150 valence electrons. The van der Waals surface area contributed by atoms with Crippen LogP contribution in [-0.2, 0) is 0 Å². The van der Waals surface area contributed by atoms with Crippen molar-refractivity contribution < 1.29 is 19.2 Å². The van der Waals surface area contributed by atoms with Gasteiger partial charge < -0.3 is 19.7 Å². The first kappa shape index (κ1) is 21.0. The summed E-state index contributed by atoms with van der Waals surface area (Å²) in [5.41, 5.74) is 1.15. The number of carbonyl (C=O) groups excluding carboxylic acids is 1. The van der Waals surface area contributed by atoms with Crippen LogP contribution in [0.3, 0.4) is 0 Å². The molecule has 0 radical (unpaired) electrons. The largest absolute Gasteiger partial charge is 0.494 e. The number of carbonyl (C=O) groups is 1. The minimum absolute atomic E-state index is 0.0128. The van der Waals surface area contributed by atoms with Crippen molar-refractivity contribution in [1.82, 2.24) is 4.90 Å². The van der Waals surface area contributed by atoms with Crippen LogP contribution in [0.2, 0.25) is 0 Å². The van der Waals surface area contributed by atoms with Gasteiger partial charge in [-0.15, -0.1) is 0 Å². The van der Waals surface area contributed by atoms with Crippen LogP contribution in [0.15, 0.2) is 42.5 Å². The lowest BCUT2D eigenvalue weighted by Gasteiger charge is -2.26. The van der Waals surface area contributed by atoms with Crippen LogP contribution in [0.4, 0.5) is 16.2 Å². The Hall–Kier alpha value is -3.29. The number of hydrogen-bond donors (Lipinski definition) is 1. The molecular weight excluding hydrogens is 362 g/mol. The monoisotopic (exact) mass is 387 g/mol. The van der Waals surface area contributed by atoms with Crippen LogP contribution in [0, 0.1) is 10.1 Å². The second kappa shape index (κ2) is 9.59. The van der Waals surface area contributed by atoms with Gasteiger partial charge in [0.2, 0.25) is 0 Å². The molecule has 0 aliphatic rings. The molecule has 0 heterocycles. The topological polar surface area (TPSA) is 93.9 Å². The van der Waals surface area contributed by atoms with Crippen LogP contribution < -0.4 is 14.8 Å². The smallest absolute Gasteiger partial charge is 0.322 e. The second-order valence-corrected chi connectivity index (χ2v) is 6.09. The number of ether oxygens (including phenoxy) is 2. The predicted octanol–water partition coefficient (Wildman–Crippen LogP) is 4.62. The molecule has 2 rings (SSSR count). The number of amides is 2. The van der Waals surface area contributed by atoms with Crippen LogP contribution in [0.25, 0.3) is 0 Å². The van der Waals surface area contributed by atoms with Gasteiger partial charge in [-0.1, -0.05) is 12.1 Å². The van der Waals surface area contributed by atoms with Gasteiger partial charge >= 0.3 is 6.03 Å². The highest BCUT2D eigenvalue weighted by atomic mass is 16.6. The van der Waals surface area contributed by atoms with Gasteiger partial charge in [0.25, 0.3) is 5.69 Å². The number of hydrogen-bond acceptors (Lipinski definition) is 5. The Bertz CT molecular complexity index is 840. The number of benzene rings is 2. The summed E-state index contributed by atoms with van der Waals surface area (Å²) in [7, 11) is 1.63. The molecule has 0 unspecified atom stereocenters. The molecule has 2 aromatic carbocycles. The quantitative estimate of drug-likeness (QED) is 0.527. The first-order valence-electron chi connectivity index (χ1n) is 9.05. The van der Waals surface area contributed by atoms with Crippen LogP contribution in [0.5, 0.6) is 11.5 Å². The number of nitrogens with one attached hydrogen (secondary N) is 1. The van der Waals surface area contributed by atoms with E-state index in [1.165, 1.54) is 17.0 Å². The minimum Gasteiger partial charge on any atom is -0.494 e. The van der Waals surface area contributed by atoms with Crippen molar-refractivity contribution in [2.45, 2.75) is 26.8 Å². The molecule has 0 aliphatic heterocycles. The fraction of sp³-hybridized carbons (Fsp3) is 0.350. The van der Waals surface area contributed by atoms with Crippen molar-refractivity contribution in [3.63, 3.8) is 0 Å². The van der Waals surface area contributed by atoms with Crippen LogP contribution >= 0.6 is 0 Å². The molecule has 0 saturated carbocycles. The molecule has 28 heavy (non-hydrogen) atoms. The van der Waals surface area contributed by atoms with Gasteiger partial charge in [-0.3, -0.25) is 10.1 Å². The van der Waals surface area contributed by atoms with Gasteiger partial charge in [0.1, 0.15) is 11.5 Å². The molecule has 8 heteroatoms. The lowest BCUT2D eigenvalue weighted by Crippen LogP contribution is -2.33. The highest BCUT2D eigenvalue weighted by Crippen LogP contribution is 2.30. The molecule has 2 amide bonds. The second-order valence-electron chi connectivity index (χ2n) is 6.09. The zero-order chi connectivity index (χ0) is 20.7. The molecule has 0 fully saturated rings. The van der Waals surface area contributed by atoms with E-state index in [2.05, 4.69) is 5.32 Å². The third kappa shape index (κ3) is 5.12. The molecular formula is C20H25N3O5. The summed E-state index contributed by atoms with van der Waals surface area (Å²) in [6.07, 6.45) is 0. The number of urea groups is 1. The van der Waals surface area contributed by atoms with E-state index in [1.807, 2.05) is 13.8 Å². The fourth-order valence-corrected chi connectivity index (χ4v) is 2.65. The van der Waals surface area contributed by atoms with Crippen molar-refractivity contribution in [2.75, 3.05) is 25.6 Å². The molecule has 0 bridgehead atoms. The SMILES string of the molecule is CCOc1ccc(OCC)c(NC(=O)N(C)[C@@H](C)c2cccc([N+](=O)[O-])c2)c1. The standard InChI is InChI=1S/C20H25N3O5/c1-5-27-17-10-11-19(28-6-2)18(13-17)21-20(24)22(4)14(3)15-8-7-9-16(12-15)23(25)26/h7-14H,5-6H2,1-4H3,(H,21,24)/t14-/m0/s1. The molecule has 0 saturated heterocycles. The molecule has 2 aromatic rings. The zero-order valence-corrected chi connectivity index (χ0v) is 16.5. The maximum atomic E-state index is 12.8. The number of rotatable bonds is 8. The summed E-state index contributed by atoms with van der Waals surface area (Å²) in [5.74, 6) is 1.16. The maximum absolute atomic E-state index is 12.8. The van der Waals surface area contributed by atoms with E-state index in [1.54, 1.807) is 44.3 Å². The lowest BCUT2D eigenvalue weighted by molar-refractivity contribution is -0.384. The van der Waals surface area contributed by atoms with Crippen molar-refractivity contribution in [3.8, 4) is 11.5 Å². The van der Waals surface area contributed by atoms with Gasteiger partial charge in [0, 0.05) is 25.2 Å². The number of nitro benzene ring substituents is 1. The van der Waals surface area contributed by atoms with Gasteiger partial charge in [-0.25, -0.2) is 4.79 Å². The van der Waals surface area contributed by atoms with Crippen molar-refractivity contribution in [1.29, 1.82) is 0 Å². The van der Waals surface area contributed by atoms with Crippen LogP contribution in [-0.4, -0.2) is 36.1 Å². The third-order valence-corrected chi connectivity index (χ3v) is 4.27. The lowest BCUT2D eigenvalue weighted by atomic mass is 10.1. The Morgan fingerprint density at radius 1 is 1.18 bits per heavy atom. The molecule has 1 N–H and O–H groups in total. The van der Waals surface area contributed by atoms with E-state index in [0.29, 0.717) is 36.0 Å². The van der Waals surface area contributed by atoms with Gasteiger partial charge in [0.05, 0.1) is 29.9 Å². The summed E-state index contributed by atoms with van der Waals surface area (Å²) in [6, 6.07) is 10.7. The predicted molar refractivity (Wildman–Crippen MR) is 107 cm³/mol. The maximum Gasteiger partial charge on any atom is 0.322 e. The molecule has 1 atom stereocenters. The van der Waals surface area contributed by atoms with E-state index in [-0.39, 0.29) is 17.8 Å². The Morgan fingerprint density at radius 2 is 1.89 bits per heavy atom. The summed E-state index contributed by atoms with van der Waals surface area (Å²) in [5, 5.41) is 13.8. The van der Waals surface area contributed by atoms with Crippen LogP contribution in [0.1, 0.15) is 32.4 Å². The van der Waals surface area contributed by atoms with Gasteiger partial charge in [-0.05, 0) is 38.5 Å². The third-order valence-electron chi connectivity index (χ3n) is 4.27. The van der Waals surface area contributed by atoms with Gasteiger partial charge in [-0.2, -0.15) is 0 Å². The number of anilines is 1. The Morgan fingerprint density at radius 3 is 2.54 bits per heavy atom. The number of non-ortho nitro benzene ring substituents is 1. The number of nitro groups is 1. The number of nitrogens with zero attached hydrogens (tertiary/aromatic N) is 2. The normalized spacial score (nSPS) is 11.4. The Kier molecular flexibility index (Phi) is 7.20. The molecule has 0 spiro atoms. The molecule has 8 nitrogen and oxygen atoms in total. The first-order valence-corrected chi connectivity index (χ1v) is 9.05. The van der Waals surface area contributed by atoms with E-state index < -0.39 is 4.92 Å². The average molecular weight is 387 g/mol. The highest BCUT2D eigenvalue weighted by Gasteiger charge is 2.20. The molecule has 0 aliphatic carbocycles. The average Bonchev–Trinajstić information content (AvgIpc) is 2.69. The van der Waals surface area contributed by atoms with E-state index in [4.69, 9.17) is 9.47 Å². The zero-order valence-electron chi connectivity index (χ0n) is 16.5. The Labute approximate surface area is 164 Å². The van der Waals surface area contributed by atoms with Crippen molar-refractivity contribution in [2.24, 2.45) is 0 Å². The molecule has 0 aromatic heterocycles. The Balaban J connectivity index is 2.20. The minimum atomic E-state index is -0.454. The van der Waals surface area contributed by atoms with Gasteiger partial charge in [0.15, 0.2) is 0 Å². The van der Waals surface area contributed by atoms with Crippen molar-refractivity contribution >= 4 is 17.4 Å². The van der Waals surface area contributed by atoms with E-state index in [9.17, 15) is 14.9 Å². The fourth-order valence-electron chi connectivity index (χ4n) is 2.65. The van der Waals surface area contributed by atoms with Crippen molar-refractivity contribution in [3.05, 3.63) is 58.1 Å². The summed E-state index contributed by atoms with van der Waals surface area (Å²) in [4.78, 5) is 24.8. The summed E-state index contributed by atoms with van der Waals surface area (Å²) < 4.78 is 11.1. The highest BCUT2D eigenvalue weighted by molar-refractivity contribution is 5.91. The summed E-state index contributed by atoms with van der Waals surface area (Å²) >= 11 is 0. The first-order chi connectivity index (χ1) is 13.4. The summed E-state index contributed by atoms with van der Waals surface area (Å²) in [6.45, 7) is 6.50.